The fourth-order valence-corrected chi connectivity index (χ4v) is 1.60. The van der Waals surface area contributed by atoms with Crippen LogP contribution in [0.4, 0.5) is 0 Å². The van der Waals surface area contributed by atoms with E-state index in [2.05, 4.69) is 0 Å². The van der Waals surface area contributed by atoms with E-state index < -0.39 is 12.1 Å². The SMILES string of the molecule is COC(C(=O)O)c1ccc2c(c1)OCCO2. The molecule has 0 spiro atoms. The standard InChI is InChI=1S/C11H12O5/c1-14-10(11(12)13)7-2-3-8-9(6-7)16-5-4-15-8/h2-3,6,10H,4-5H2,1H3,(H,12,13). The minimum Gasteiger partial charge on any atom is -0.486 e. The molecule has 1 heterocycles. The van der Waals surface area contributed by atoms with Crippen LogP contribution in [0, 0.1) is 0 Å². The molecule has 1 aromatic rings. The molecule has 1 atom stereocenters. The predicted octanol–water partition coefficient (Wildman–Crippen LogP) is 1.23. The number of carboxylic acid groups (broad SMARTS) is 1. The zero-order valence-corrected chi connectivity index (χ0v) is 8.80. The van der Waals surface area contributed by atoms with Crippen molar-refractivity contribution in [2.24, 2.45) is 0 Å². The Morgan fingerprint density at radius 2 is 2.06 bits per heavy atom. The van der Waals surface area contributed by atoms with Gasteiger partial charge >= 0.3 is 5.97 Å². The van der Waals surface area contributed by atoms with Crippen LogP contribution in [0.2, 0.25) is 0 Å². The van der Waals surface area contributed by atoms with E-state index in [1.165, 1.54) is 7.11 Å². The van der Waals surface area contributed by atoms with Gasteiger partial charge in [-0.1, -0.05) is 6.07 Å². The molecule has 1 unspecified atom stereocenters. The second-order valence-electron chi connectivity index (χ2n) is 3.36. The maximum atomic E-state index is 10.9. The molecule has 1 aliphatic rings. The average molecular weight is 224 g/mol. The van der Waals surface area contributed by atoms with Crippen molar-refractivity contribution < 1.29 is 24.1 Å². The first-order chi connectivity index (χ1) is 7.72. The zero-order valence-electron chi connectivity index (χ0n) is 8.80. The highest BCUT2D eigenvalue weighted by atomic mass is 16.6. The minimum atomic E-state index is -1.03. The highest BCUT2D eigenvalue weighted by molar-refractivity contribution is 5.74. The molecule has 0 aromatic heterocycles. The monoisotopic (exact) mass is 224 g/mol. The highest BCUT2D eigenvalue weighted by Gasteiger charge is 2.21. The second kappa shape index (κ2) is 4.40. The Bertz CT molecular complexity index is 401. The molecule has 86 valence electrons. The van der Waals surface area contributed by atoms with Crippen LogP contribution in [-0.2, 0) is 9.53 Å². The largest absolute Gasteiger partial charge is 0.486 e. The Morgan fingerprint density at radius 1 is 1.38 bits per heavy atom. The first kappa shape index (κ1) is 10.8. The van der Waals surface area contributed by atoms with Gasteiger partial charge in [0.15, 0.2) is 17.6 Å². The van der Waals surface area contributed by atoms with Crippen molar-refractivity contribution in [2.45, 2.75) is 6.10 Å². The Labute approximate surface area is 92.5 Å². The number of ether oxygens (including phenoxy) is 3. The van der Waals surface area contributed by atoms with Crippen molar-refractivity contribution in [1.29, 1.82) is 0 Å². The first-order valence-corrected chi connectivity index (χ1v) is 4.87. The fourth-order valence-electron chi connectivity index (χ4n) is 1.60. The van der Waals surface area contributed by atoms with Crippen LogP contribution < -0.4 is 9.47 Å². The number of carboxylic acids is 1. The maximum Gasteiger partial charge on any atom is 0.337 e. The van der Waals surface area contributed by atoms with E-state index in [4.69, 9.17) is 19.3 Å². The van der Waals surface area contributed by atoms with E-state index in [0.29, 0.717) is 30.3 Å². The summed E-state index contributed by atoms with van der Waals surface area (Å²) in [4.78, 5) is 10.9. The number of hydrogen-bond acceptors (Lipinski definition) is 4. The van der Waals surface area contributed by atoms with Crippen molar-refractivity contribution >= 4 is 5.97 Å². The van der Waals surface area contributed by atoms with E-state index >= 15 is 0 Å². The van der Waals surface area contributed by atoms with Crippen LogP contribution in [0.1, 0.15) is 11.7 Å². The van der Waals surface area contributed by atoms with Crippen molar-refractivity contribution in [3.05, 3.63) is 23.8 Å². The molecule has 1 aromatic carbocycles. The number of hydrogen-bond donors (Lipinski definition) is 1. The van der Waals surface area contributed by atoms with Gasteiger partial charge in [0.1, 0.15) is 13.2 Å². The molecule has 5 nitrogen and oxygen atoms in total. The van der Waals surface area contributed by atoms with Gasteiger partial charge in [-0.25, -0.2) is 4.79 Å². The molecule has 5 heteroatoms. The predicted molar refractivity (Wildman–Crippen MR) is 54.8 cm³/mol. The third-order valence-corrected chi connectivity index (χ3v) is 2.33. The number of aliphatic carboxylic acids is 1. The Morgan fingerprint density at radius 3 is 2.69 bits per heavy atom. The molecule has 1 N–H and O–H groups in total. The molecule has 1 aliphatic heterocycles. The van der Waals surface area contributed by atoms with E-state index in [1.54, 1.807) is 18.2 Å². The van der Waals surface area contributed by atoms with Crippen LogP contribution >= 0.6 is 0 Å². The third-order valence-electron chi connectivity index (χ3n) is 2.33. The van der Waals surface area contributed by atoms with Crippen molar-refractivity contribution in [1.82, 2.24) is 0 Å². The van der Waals surface area contributed by atoms with Gasteiger partial charge in [0, 0.05) is 7.11 Å². The van der Waals surface area contributed by atoms with Gasteiger partial charge < -0.3 is 19.3 Å². The molecule has 16 heavy (non-hydrogen) atoms. The van der Waals surface area contributed by atoms with E-state index in [1.807, 2.05) is 0 Å². The summed E-state index contributed by atoms with van der Waals surface area (Å²) in [5.74, 6) is 0.168. The Kier molecular flexibility index (Phi) is 2.96. The van der Waals surface area contributed by atoms with Crippen LogP contribution in [-0.4, -0.2) is 31.4 Å². The summed E-state index contributed by atoms with van der Waals surface area (Å²) in [6, 6.07) is 4.99. The lowest BCUT2D eigenvalue weighted by Crippen LogP contribution is -2.17. The van der Waals surface area contributed by atoms with Gasteiger partial charge in [-0.15, -0.1) is 0 Å². The second-order valence-corrected chi connectivity index (χ2v) is 3.36. The summed E-state index contributed by atoms with van der Waals surface area (Å²) in [5, 5.41) is 8.93. The van der Waals surface area contributed by atoms with Gasteiger partial charge in [0.2, 0.25) is 0 Å². The van der Waals surface area contributed by atoms with Crippen LogP contribution in [0.3, 0.4) is 0 Å². The molecule has 0 amide bonds. The van der Waals surface area contributed by atoms with Gasteiger partial charge in [0.05, 0.1) is 0 Å². The zero-order chi connectivity index (χ0) is 11.5. The normalized spacial score (nSPS) is 15.6. The molecule has 0 saturated carbocycles. The van der Waals surface area contributed by atoms with Gasteiger partial charge in [-0.05, 0) is 17.7 Å². The van der Waals surface area contributed by atoms with E-state index in [-0.39, 0.29) is 0 Å². The summed E-state index contributed by atoms with van der Waals surface area (Å²) < 4.78 is 15.6. The van der Waals surface area contributed by atoms with Crippen molar-refractivity contribution in [3.63, 3.8) is 0 Å². The van der Waals surface area contributed by atoms with Crippen molar-refractivity contribution in [2.75, 3.05) is 20.3 Å². The van der Waals surface area contributed by atoms with E-state index in [9.17, 15) is 4.79 Å². The van der Waals surface area contributed by atoms with Gasteiger partial charge in [0.25, 0.3) is 0 Å². The minimum absolute atomic E-state index is 0.473. The van der Waals surface area contributed by atoms with Crippen LogP contribution in [0.15, 0.2) is 18.2 Å². The van der Waals surface area contributed by atoms with Crippen molar-refractivity contribution in [3.8, 4) is 11.5 Å². The Hall–Kier alpha value is -1.75. The number of rotatable bonds is 3. The lowest BCUT2D eigenvalue weighted by molar-refractivity contribution is -0.148. The number of benzene rings is 1. The summed E-state index contributed by atoms with van der Waals surface area (Å²) in [7, 11) is 1.36. The van der Waals surface area contributed by atoms with Gasteiger partial charge in [-0.3, -0.25) is 0 Å². The summed E-state index contributed by atoms with van der Waals surface area (Å²) in [5.41, 5.74) is 0.541. The molecular formula is C11H12O5. The smallest absolute Gasteiger partial charge is 0.337 e. The molecule has 2 rings (SSSR count). The summed E-state index contributed by atoms with van der Waals surface area (Å²) in [6.07, 6.45) is -0.976. The lowest BCUT2D eigenvalue weighted by Gasteiger charge is -2.20. The molecule has 0 bridgehead atoms. The maximum absolute atomic E-state index is 10.9. The number of methoxy groups -OCH3 is 1. The fraction of sp³-hybridized carbons (Fsp3) is 0.364. The number of carbonyl (C=O) groups is 1. The first-order valence-electron chi connectivity index (χ1n) is 4.87. The molecule has 0 saturated heterocycles. The number of fused-ring (bicyclic) bond motifs is 1. The lowest BCUT2D eigenvalue weighted by atomic mass is 10.1. The third kappa shape index (κ3) is 1.94. The highest BCUT2D eigenvalue weighted by Crippen LogP contribution is 2.33. The van der Waals surface area contributed by atoms with Crippen LogP contribution in [0.5, 0.6) is 11.5 Å². The summed E-state index contributed by atoms with van der Waals surface area (Å²) >= 11 is 0. The van der Waals surface area contributed by atoms with Crippen LogP contribution in [0.25, 0.3) is 0 Å². The molecular weight excluding hydrogens is 212 g/mol. The summed E-state index contributed by atoms with van der Waals surface area (Å²) in [6.45, 7) is 0.986. The molecule has 0 aliphatic carbocycles. The Balaban J connectivity index is 2.32. The molecule has 0 fully saturated rings. The average Bonchev–Trinajstić information content (AvgIpc) is 2.29. The quantitative estimate of drug-likeness (QED) is 0.836. The van der Waals surface area contributed by atoms with Gasteiger partial charge in [-0.2, -0.15) is 0 Å². The van der Waals surface area contributed by atoms with E-state index in [0.717, 1.165) is 0 Å². The topological polar surface area (TPSA) is 65.0 Å². The molecule has 0 radical (unpaired) electrons.